The lowest BCUT2D eigenvalue weighted by Gasteiger charge is -2.11. The molecule has 0 amide bonds. The van der Waals surface area contributed by atoms with E-state index in [1.807, 2.05) is 4.72 Å². The summed E-state index contributed by atoms with van der Waals surface area (Å²) >= 11 is 1.31. The van der Waals surface area contributed by atoms with E-state index < -0.39 is 29.2 Å². The molecule has 4 nitrogen and oxygen atoms in total. The normalized spacial score (nSPS) is 16.4. The van der Waals surface area contributed by atoms with Crippen LogP contribution in [-0.2, 0) is 16.6 Å². The first-order valence-electron chi connectivity index (χ1n) is 6.56. The summed E-state index contributed by atoms with van der Waals surface area (Å²) < 4.78 is 62.7. The summed E-state index contributed by atoms with van der Waals surface area (Å²) in [6.07, 6.45) is -3.39. The Bertz CT molecular complexity index is 592. The van der Waals surface area contributed by atoms with Gasteiger partial charge < -0.3 is 5.32 Å². The van der Waals surface area contributed by atoms with Gasteiger partial charge in [-0.25, -0.2) is 13.1 Å². The van der Waals surface area contributed by atoms with Crippen LogP contribution in [0.5, 0.6) is 0 Å². The summed E-state index contributed by atoms with van der Waals surface area (Å²) in [5, 5.41) is 4.93. The van der Waals surface area contributed by atoms with Gasteiger partial charge in [-0.2, -0.15) is 13.2 Å². The molecule has 21 heavy (non-hydrogen) atoms. The summed E-state index contributed by atoms with van der Waals surface area (Å²) in [5.41, 5.74) is 0.562. The number of sulfonamides is 1. The van der Waals surface area contributed by atoms with Crippen molar-refractivity contribution >= 4 is 21.4 Å². The zero-order valence-corrected chi connectivity index (χ0v) is 13.1. The van der Waals surface area contributed by atoms with Crippen molar-refractivity contribution in [2.24, 2.45) is 0 Å². The standard InChI is InChI=1S/C12H17F3N2O2S2/c1-8-7-20-10(6-16-9-2-3-9)11(8)21(18,19)17-5-4-12(13,14)15/h7,9,16-17H,2-6H2,1H3. The van der Waals surface area contributed by atoms with Gasteiger partial charge in [-0.15, -0.1) is 11.3 Å². The molecule has 1 saturated carbocycles. The number of nitrogens with one attached hydrogen (secondary N) is 2. The van der Waals surface area contributed by atoms with E-state index in [1.54, 1.807) is 12.3 Å². The lowest BCUT2D eigenvalue weighted by atomic mass is 10.3. The summed E-state index contributed by atoms with van der Waals surface area (Å²) in [4.78, 5) is 0.752. The Morgan fingerprint density at radius 2 is 2.05 bits per heavy atom. The number of halogens is 3. The Labute approximate surface area is 125 Å². The minimum absolute atomic E-state index is 0.114. The van der Waals surface area contributed by atoms with E-state index in [2.05, 4.69) is 5.32 Å². The molecule has 0 aromatic carbocycles. The summed E-state index contributed by atoms with van der Waals surface area (Å²) in [5.74, 6) is 0. The molecule has 2 N–H and O–H groups in total. The topological polar surface area (TPSA) is 58.2 Å². The quantitative estimate of drug-likeness (QED) is 0.801. The maximum Gasteiger partial charge on any atom is 0.390 e. The van der Waals surface area contributed by atoms with Crippen LogP contribution in [0.25, 0.3) is 0 Å². The molecule has 120 valence electrons. The lowest BCUT2D eigenvalue weighted by molar-refractivity contribution is -0.132. The summed E-state index contributed by atoms with van der Waals surface area (Å²) in [7, 11) is -3.91. The molecule has 0 spiro atoms. The molecule has 0 radical (unpaired) electrons. The van der Waals surface area contributed by atoms with E-state index in [4.69, 9.17) is 0 Å². The zero-order valence-electron chi connectivity index (χ0n) is 11.5. The van der Waals surface area contributed by atoms with E-state index in [0.717, 1.165) is 12.8 Å². The van der Waals surface area contributed by atoms with E-state index in [-0.39, 0.29) is 4.90 Å². The molecule has 1 heterocycles. The van der Waals surface area contributed by atoms with Crippen molar-refractivity contribution in [3.8, 4) is 0 Å². The molecular weight excluding hydrogens is 325 g/mol. The Morgan fingerprint density at radius 3 is 2.62 bits per heavy atom. The molecule has 0 aliphatic heterocycles. The van der Waals surface area contributed by atoms with Crippen LogP contribution in [0.4, 0.5) is 13.2 Å². The maximum atomic E-state index is 12.2. The van der Waals surface area contributed by atoms with Crippen LogP contribution in [0.15, 0.2) is 10.3 Å². The molecule has 1 aromatic rings. The fourth-order valence-corrected chi connectivity index (χ4v) is 4.68. The molecule has 1 aromatic heterocycles. The highest BCUT2D eigenvalue weighted by atomic mass is 32.2. The highest BCUT2D eigenvalue weighted by molar-refractivity contribution is 7.89. The molecule has 1 aliphatic carbocycles. The van der Waals surface area contributed by atoms with Gasteiger partial charge in [0.15, 0.2) is 0 Å². The highest BCUT2D eigenvalue weighted by Crippen LogP contribution is 2.28. The van der Waals surface area contributed by atoms with Crippen LogP contribution in [0, 0.1) is 6.92 Å². The van der Waals surface area contributed by atoms with Gasteiger partial charge in [0.25, 0.3) is 0 Å². The van der Waals surface area contributed by atoms with Crippen molar-refractivity contribution in [3.05, 3.63) is 15.8 Å². The van der Waals surface area contributed by atoms with Gasteiger partial charge in [0, 0.05) is 24.0 Å². The fourth-order valence-electron chi connectivity index (χ4n) is 1.89. The largest absolute Gasteiger partial charge is 0.390 e. The van der Waals surface area contributed by atoms with E-state index in [1.165, 1.54) is 11.3 Å². The van der Waals surface area contributed by atoms with Gasteiger partial charge in [-0.3, -0.25) is 0 Å². The highest BCUT2D eigenvalue weighted by Gasteiger charge is 2.29. The third-order valence-electron chi connectivity index (χ3n) is 3.09. The Kier molecular flexibility index (Phi) is 4.96. The maximum absolute atomic E-state index is 12.2. The minimum atomic E-state index is -4.37. The second kappa shape index (κ2) is 6.23. The average molecular weight is 342 g/mol. The van der Waals surface area contributed by atoms with Crippen LogP contribution in [0.2, 0.25) is 0 Å². The summed E-state index contributed by atoms with van der Waals surface area (Å²) in [6.45, 7) is 1.44. The molecule has 2 rings (SSSR count). The van der Waals surface area contributed by atoms with Gasteiger partial charge in [0.05, 0.1) is 6.42 Å². The number of aryl methyl sites for hydroxylation is 1. The molecule has 0 atom stereocenters. The number of rotatable bonds is 7. The zero-order chi connectivity index (χ0) is 15.7. The van der Waals surface area contributed by atoms with E-state index in [0.29, 0.717) is 23.0 Å². The van der Waals surface area contributed by atoms with Crippen molar-refractivity contribution in [2.45, 2.75) is 49.8 Å². The second-order valence-electron chi connectivity index (χ2n) is 5.09. The molecule has 0 bridgehead atoms. The van der Waals surface area contributed by atoms with Crippen LogP contribution in [-0.4, -0.2) is 27.2 Å². The van der Waals surface area contributed by atoms with Gasteiger partial charge in [0.2, 0.25) is 10.0 Å². The van der Waals surface area contributed by atoms with Crippen molar-refractivity contribution in [1.82, 2.24) is 10.0 Å². The smallest absolute Gasteiger partial charge is 0.309 e. The lowest BCUT2D eigenvalue weighted by Crippen LogP contribution is -2.29. The first kappa shape index (κ1) is 16.7. The Hall–Kier alpha value is -0.640. The van der Waals surface area contributed by atoms with E-state index >= 15 is 0 Å². The van der Waals surface area contributed by atoms with Gasteiger partial charge in [-0.1, -0.05) is 0 Å². The molecule has 9 heteroatoms. The minimum Gasteiger partial charge on any atom is -0.309 e. The molecular formula is C12H17F3N2O2S2. The van der Waals surface area contributed by atoms with Gasteiger partial charge in [0.1, 0.15) is 4.90 Å². The predicted molar refractivity (Wildman–Crippen MR) is 74.8 cm³/mol. The summed E-state index contributed by atoms with van der Waals surface area (Å²) in [6, 6.07) is 0.432. The first-order valence-corrected chi connectivity index (χ1v) is 8.92. The SMILES string of the molecule is Cc1csc(CNC2CC2)c1S(=O)(=O)NCCC(F)(F)F. The molecule has 0 unspecified atom stereocenters. The monoisotopic (exact) mass is 342 g/mol. The van der Waals surface area contributed by atoms with Gasteiger partial charge in [-0.05, 0) is 30.7 Å². The van der Waals surface area contributed by atoms with Crippen LogP contribution < -0.4 is 10.0 Å². The molecule has 1 fully saturated rings. The number of thiophene rings is 1. The number of hydrogen-bond acceptors (Lipinski definition) is 4. The predicted octanol–water partition coefficient (Wildman–Crippen LogP) is 2.54. The molecule has 1 aliphatic rings. The Morgan fingerprint density at radius 1 is 1.38 bits per heavy atom. The van der Waals surface area contributed by atoms with Crippen LogP contribution in [0.3, 0.4) is 0 Å². The first-order chi connectivity index (χ1) is 9.69. The van der Waals surface area contributed by atoms with Crippen molar-refractivity contribution in [3.63, 3.8) is 0 Å². The van der Waals surface area contributed by atoms with Crippen molar-refractivity contribution < 1.29 is 21.6 Å². The van der Waals surface area contributed by atoms with Gasteiger partial charge >= 0.3 is 6.18 Å². The number of alkyl halides is 3. The third-order valence-corrected chi connectivity index (χ3v) is 6.01. The Balaban J connectivity index is 2.05. The molecule has 0 saturated heterocycles. The van der Waals surface area contributed by atoms with Crippen molar-refractivity contribution in [2.75, 3.05) is 6.54 Å². The van der Waals surface area contributed by atoms with Crippen LogP contribution >= 0.6 is 11.3 Å². The van der Waals surface area contributed by atoms with Crippen LogP contribution in [0.1, 0.15) is 29.7 Å². The average Bonchev–Trinajstić information content (AvgIpc) is 3.07. The third kappa shape index (κ3) is 4.94. The second-order valence-corrected chi connectivity index (χ2v) is 7.76. The van der Waals surface area contributed by atoms with Crippen molar-refractivity contribution in [1.29, 1.82) is 0 Å². The van der Waals surface area contributed by atoms with E-state index in [9.17, 15) is 21.6 Å². The fraction of sp³-hybridized carbons (Fsp3) is 0.667. The number of hydrogen-bond donors (Lipinski definition) is 2.